The van der Waals surface area contributed by atoms with Gasteiger partial charge in [0.05, 0.1) is 13.3 Å². The molecule has 18 heavy (non-hydrogen) atoms. The van der Waals surface area contributed by atoms with Gasteiger partial charge >= 0.3 is 0 Å². The number of hydrogen-bond acceptors (Lipinski definition) is 6. The zero-order valence-electron chi connectivity index (χ0n) is 12.0. The Balaban J connectivity index is 0. The maximum absolute atomic E-state index is 8.57. The third-order valence-corrected chi connectivity index (χ3v) is 2.06. The van der Waals surface area contributed by atoms with E-state index < -0.39 is 0 Å². The van der Waals surface area contributed by atoms with Gasteiger partial charge in [-0.1, -0.05) is 20.3 Å². The molecule has 0 saturated carbocycles. The molecule has 0 aliphatic heterocycles. The van der Waals surface area contributed by atoms with E-state index in [0.29, 0.717) is 13.1 Å². The normalized spacial score (nSPS) is 10.3. The lowest BCUT2D eigenvalue weighted by molar-refractivity contribution is 0.231. The van der Waals surface area contributed by atoms with Crippen LogP contribution in [0.25, 0.3) is 0 Å². The van der Waals surface area contributed by atoms with Crippen LogP contribution in [0.4, 0.5) is 0 Å². The van der Waals surface area contributed by atoms with Crippen LogP contribution < -0.4 is 16.4 Å². The largest absolute Gasteiger partial charge is 0.395 e. The molecule has 0 bridgehead atoms. The van der Waals surface area contributed by atoms with Crippen molar-refractivity contribution in [2.75, 3.05) is 59.2 Å². The molecule has 0 fully saturated rings. The highest BCUT2D eigenvalue weighted by atomic mass is 16.3. The van der Waals surface area contributed by atoms with Crippen LogP contribution in [0.3, 0.4) is 0 Å². The van der Waals surface area contributed by atoms with Crippen molar-refractivity contribution < 1.29 is 10.2 Å². The Morgan fingerprint density at radius 3 is 1.94 bits per heavy atom. The summed E-state index contributed by atoms with van der Waals surface area (Å²) in [5.74, 6) is 0. The third-order valence-electron chi connectivity index (χ3n) is 2.06. The zero-order chi connectivity index (χ0) is 14.1. The summed E-state index contributed by atoms with van der Waals surface area (Å²) < 4.78 is 0. The van der Waals surface area contributed by atoms with E-state index in [9.17, 15) is 0 Å². The third kappa shape index (κ3) is 18.1. The molecule has 0 unspecified atom stereocenters. The van der Waals surface area contributed by atoms with Crippen LogP contribution in [0, 0.1) is 0 Å². The predicted octanol–water partition coefficient (Wildman–Crippen LogP) is -1.22. The predicted molar refractivity (Wildman–Crippen MR) is 76.5 cm³/mol. The smallest absolute Gasteiger partial charge is 0.0931 e. The van der Waals surface area contributed by atoms with Gasteiger partial charge < -0.3 is 21.3 Å². The molecule has 0 aromatic rings. The summed E-state index contributed by atoms with van der Waals surface area (Å²) >= 11 is 0. The van der Waals surface area contributed by atoms with Crippen LogP contribution in [0.15, 0.2) is 0 Å². The SMILES string of the molecule is CCC.NCCN(CCNCO)CCNCCO. The summed E-state index contributed by atoms with van der Waals surface area (Å²) in [6, 6.07) is 0. The van der Waals surface area contributed by atoms with Gasteiger partial charge in [-0.2, -0.15) is 0 Å². The highest BCUT2D eigenvalue weighted by molar-refractivity contribution is 4.61. The first kappa shape index (κ1) is 20.1. The molecule has 6 N–H and O–H groups in total. The number of aliphatic hydroxyl groups excluding tert-OH is 2. The van der Waals surface area contributed by atoms with Crippen LogP contribution >= 0.6 is 0 Å². The molecule has 0 aromatic heterocycles. The molecule has 6 heteroatoms. The Labute approximate surface area is 112 Å². The summed E-state index contributed by atoms with van der Waals surface area (Å²) in [4.78, 5) is 2.22. The van der Waals surface area contributed by atoms with E-state index in [-0.39, 0.29) is 13.3 Å². The maximum atomic E-state index is 8.57. The maximum Gasteiger partial charge on any atom is 0.0931 e. The van der Waals surface area contributed by atoms with Crippen LogP contribution in [0.1, 0.15) is 20.3 Å². The second-order valence-electron chi connectivity index (χ2n) is 3.97. The van der Waals surface area contributed by atoms with Gasteiger partial charge in [-0.05, 0) is 0 Å². The Kier molecular flexibility index (Phi) is 21.3. The van der Waals surface area contributed by atoms with Gasteiger partial charge in [-0.15, -0.1) is 0 Å². The zero-order valence-corrected chi connectivity index (χ0v) is 12.0. The van der Waals surface area contributed by atoms with E-state index in [1.807, 2.05) is 0 Å². The first-order valence-electron chi connectivity index (χ1n) is 6.82. The Morgan fingerprint density at radius 2 is 1.50 bits per heavy atom. The summed E-state index contributed by atoms with van der Waals surface area (Å²) in [5.41, 5.74) is 5.49. The lowest BCUT2D eigenvalue weighted by Crippen LogP contribution is -2.40. The average Bonchev–Trinajstić information content (AvgIpc) is 2.36. The topological polar surface area (TPSA) is 93.8 Å². The minimum Gasteiger partial charge on any atom is -0.395 e. The van der Waals surface area contributed by atoms with Gasteiger partial charge in [-0.3, -0.25) is 10.2 Å². The van der Waals surface area contributed by atoms with Crippen molar-refractivity contribution in [1.29, 1.82) is 0 Å². The Bertz CT molecular complexity index is 139. The monoisotopic (exact) mass is 264 g/mol. The second kappa shape index (κ2) is 19.1. The van der Waals surface area contributed by atoms with Crippen molar-refractivity contribution in [1.82, 2.24) is 15.5 Å². The minimum atomic E-state index is 0.0131. The van der Waals surface area contributed by atoms with Crippen LogP contribution in [-0.2, 0) is 0 Å². The van der Waals surface area contributed by atoms with Crippen molar-refractivity contribution in [2.24, 2.45) is 5.73 Å². The van der Waals surface area contributed by atoms with Crippen LogP contribution in [-0.4, -0.2) is 74.3 Å². The summed E-state index contributed by atoms with van der Waals surface area (Å²) in [7, 11) is 0. The first-order valence-corrected chi connectivity index (χ1v) is 6.82. The molecule has 0 heterocycles. The fourth-order valence-corrected chi connectivity index (χ4v) is 1.28. The number of rotatable bonds is 11. The van der Waals surface area contributed by atoms with Gasteiger partial charge in [0.2, 0.25) is 0 Å². The van der Waals surface area contributed by atoms with Crippen molar-refractivity contribution in [3.05, 3.63) is 0 Å². The van der Waals surface area contributed by atoms with Crippen LogP contribution in [0.5, 0.6) is 0 Å². The van der Waals surface area contributed by atoms with Crippen LogP contribution in [0.2, 0.25) is 0 Å². The quantitative estimate of drug-likeness (QED) is 0.237. The Morgan fingerprint density at radius 1 is 0.944 bits per heavy atom. The first-order chi connectivity index (χ1) is 8.76. The fourth-order valence-electron chi connectivity index (χ4n) is 1.28. The van der Waals surface area contributed by atoms with Gasteiger partial charge in [0, 0.05) is 45.8 Å². The molecule has 0 aliphatic rings. The molecular formula is C12H32N4O2. The lowest BCUT2D eigenvalue weighted by Gasteiger charge is -2.21. The number of nitrogens with zero attached hydrogens (tertiary/aromatic N) is 1. The number of nitrogens with two attached hydrogens (primary N) is 1. The van der Waals surface area contributed by atoms with E-state index in [1.165, 1.54) is 6.42 Å². The number of aliphatic hydroxyl groups is 2. The molecule has 0 atom stereocenters. The molecule has 0 saturated heterocycles. The average molecular weight is 264 g/mol. The van der Waals surface area contributed by atoms with Gasteiger partial charge in [-0.25, -0.2) is 0 Å². The van der Waals surface area contributed by atoms with Crippen molar-refractivity contribution >= 4 is 0 Å². The molecule has 0 aliphatic carbocycles. The van der Waals surface area contributed by atoms with E-state index in [4.69, 9.17) is 15.9 Å². The van der Waals surface area contributed by atoms with E-state index in [2.05, 4.69) is 29.4 Å². The fraction of sp³-hybridized carbons (Fsp3) is 1.00. The van der Waals surface area contributed by atoms with Crippen molar-refractivity contribution in [3.63, 3.8) is 0 Å². The summed E-state index contributed by atoms with van der Waals surface area (Å²) in [6.45, 7) is 9.94. The second-order valence-corrected chi connectivity index (χ2v) is 3.97. The minimum absolute atomic E-state index is 0.0131. The van der Waals surface area contributed by atoms with Crippen molar-refractivity contribution in [3.8, 4) is 0 Å². The summed E-state index contributed by atoms with van der Waals surface area (Å²) in [6.07, 6.45) is 1.25. The van der Waals surface area contributed by atoms with E-state index >= 15 is 0 Å². The molecule has 0 spiro atoms. The molecule has 0 amide bonds. The standard InChI is InChI=1S/C9H24N4O2.C3H8/c10-1-5-13(7-3-12-9-15)6-2-11-4-8-14;1-3-2/h11-12,14-15H,1-10H2;3H2,1-2H3. The van der Waals surface area contributed by atoms with Gasteiger partial charge in [0.25, 0.3) is 0 Å². The Hall–Kier alpha value is -0.240. The lowest BCUT2D eigenvalue weighted by atomic mass is 10.4. The highest BCUT2D eigenvalue weighted by Crippen LogP contribution is 1.84. The van der Waals surface area contributed by atoms with Gasteiger partial charge in [0.1, 0.15) is 0 Å². The van der Waals surface area contributed by atoms with E-state index in [0.717, 1.165) is 32.7 Å². The molecule has 0 aromatic carbocycles. The molecule has 0 rings (SSSR count). The molecule has 0 radical (unpaired) electrons. The highest BCUT2D eigenvalue weighted by Gasteiger charge is 2.02. The number of nitrogens with one attached hydrogen (secondary N) is 2. The molecule has 6 nitrogen and oxygen atoms in total. The molecule has 112 valence electrons. The molecular weight excluding hydrogens is 232 g/mol. The van der Waals surface area contributed by atoms with Gasteiger partial charge in [0.15, 0.2) is 0 Å². The van der Waals surface area contributed by atoms with E-state index in [1.54, 1.807) is 0 Å². The summed E-state index contributed by atoms with van der Waals surface area (Å²) in [5, 5.41) is 23.1. The number of hydrogen-bond donors (Lipinski definition) is 5. The van der Waals surface area contributed by atoms with Crippen molar-refractivity contribution in [2.45, 2.75) is 20.3 Å².